The molecule has 3 N–H and O–H groups in total. The van der Waals surface area contributed by atoms with Crippen LogP contribution in [-0.4, -0.2) is 32.4 Å². The van der Waals surface area contributed by atoms with E-state index in [9.17, 15) is 13.2 Å². The van der Waals surface area contributed by atoms with E-state index in [4.69, 9.17) is 6.42 Å². The van der Waals surface area contributed by atoms with Crippen LogP contribution in [0.3, 0.4) is 0 Å². The van der Waals surface area contributed by atoms with E-state index in [-0.39, 0.29) is 17.3 Å². The molecule has 1 amide bonds. The third-order valence-corrected chi connectivity index (χ3v) is 5.56. The lowest BCUT2D eigenvalue weighted by Crippen LogP contribution is -2.26. The summed E-state index contributed by atoms with van der Waals surface area (Å²) in [6.45, 7) is 0.392. The van der Waals surface area contributed by atoms with Gasteiger partial charge in [-0.05, 0) is 42.3 Å². The van der Waals surface area contributed by atoms with Gasteiger partial charge in [-0.25, -0.2) is 8.42 Å². The van der Waals surface area contributed by atoms with Crippen molar-refractivity contribution in [2.45, 2.75) is 11.3 Å². The van der Waals surface area contributed by atoms with Crippen LogP contribution in [0, 0.1) is 12.3 Å². The van der Waals surface area contributed by atoms with Gasteiger partial charge < -0.3 is 10.3 Å². The molecule has 1 heterocycles. The van der Waals surface area contributed by atoms with Gasteiger partial charge in [-0.3, -0.25) is 4.79 Å². The van der Waals surface area contributed by atoms with Crippen molar-refractivity contribution in [3.8, 4) is 12.3 Å². The minimum absolute atomic E-state index is 0.0630. The Morgan fingerprint density at radius 3 is 2.59 bits per heavy atom. The Morgan fingerprint density at radius 2 is 1.85 bits per heavy atom. The van der Waals surface area contributed by atoms with Gasteiger partial charge in [0.1, 0.15) is 0 Å². The van der Waals surface area contributed by atoms with Crippen LogP contribution in [-0.2, 0) is 16.4 Å². The van der Waals surface area contributed by atoms with Gasteiger partial charge >= 0.3 is 0 Å². The first kappa shape index (κ1) is 18.7. The lowest BCUT2D eigenvalue weighted by molar-refractivity contribution is 0.0954. The maximum Gasteiger partial charge on any atom is 0.251 e. The molecule has 0 aliphatic heterocycles. The molecule has 0 bridgehead atoms. The lowest BCUT2D eigenvalue weighted by Gasteiger charge is -2.07. The van der Waals surface area contributed by atoms with Crippen LogP contribution < -0.4 is 10.0 Å². The van der Waals surface area contributed by atoms with Crippen molar-refractivity contribution >= 4 is 26.8 Å². The molecule has 0 saturated heterocycles. The fraction of sp³-hybridized carbons (Fsp3) is 0.150. The van der Waals surface area contributed by atoms with Crippen molar-refractivity contribution in [1.82, 2.24) is 15.0 Å². The topological polar surface area (TPSA) is 91.1 Å². The highest BCUT2D eigenvalue weighted by atomic mass is 32.2. The molecule has 0 spiro atoms. The second kappa shape index (κ2) is 8.08. The van der Waals surface area contributed by atoms with Gasteiger partial charge in [-0.1, -0.05) is 24.1 Å². The predicted molar refractivity (Wildman–Crippen MR) is 105 cm³/mol. The highest BCUT2D eigenvalue weighted by molar-refractivity contribution is 7.89. The van der Waals surface area contributed by atoms with E-state index in [1.54, 1.807) is 0 Å². The minimum atomic E-state index is -3.66. The molecule has 3 aromatic rings. The monoisotopic (exact) mass is 381 g/mol. The van der Waals surface area contributed by atoms with E-state index >= 15 is 0 Å². The number of carbonyl (C=O) groups excluding carboxylic acids is 1. The Hall–Kier alpha value is -3.08. The van der Waals surface area contributed by atoms with Gasteiger partial charge in [-0.2, -0.15) is 4.72 Å². The molecule has 0 aliphatic carbocycles. The lowest BCUT2D eigenvalue weighted by atomic mass is 10.1. The van der Waals surface area contributed by atoms with Gasteiger partial charge in [0, 0.05) is 29.2 Å². The second-order valence-electron chi connectivity index (χ2n) is 5.92. The number of fused-ring (bicyclic) bond motifs is 1. The number of aromatic nitrogens is 1. The number of hydrogen-bond acceptors (Lipinski definition) is 3. The zero-order valence-corrected chi connectivity index (χ0v) is 15.3. The quantitative estimate of drug-likeness (QED) is 0.547. The van der Waals surface area contributed by atoms with E-state index < -0.39 is 10.0 Å². The molecule has 27 heavy (non-hydrogen) atoms. The molecule has 0 unspecified atom stereocenters. The molecule has 0 fully saturated rings. The van der Waals surface area contributed by atoms with E-state index in [0.717, 1.165) is 16.5 Å². The standard InChI is InChI=1S/C20H19N3O3S/c1-2-12-23-27(25,26)17-9-7-15(8-10-17)20(24)21-13-11-16-14-22-19-6-4-3-5-18(16)19/h1,3-10,14,22-23H,11-13H2,(H,21,24). The minimum Gasteiger partial charge on any atom is -0.361 e. The molecule has 7 heteroatoms. The van der Waals surface area contributed by atoms with Crippen LogP contribution in [0.5, 0.6) is 0 Å². The zero-order chi connectivity index (χ0) is 19.3. The van der Waals surface area contributed by atoms with E-state index in [0.29, 0.717) is 18.5 Å². The number of para-hydroxylation sites is 1. The largest absolute Gasteiger partial charge is 0.361 e. The Morgan fingerprint density at radius 1 is 1.11 bits per heavy atom. The number of benzene rings is 2. The smallest absolute Gasteiger partial charge is 0.251 e. The van der Waals surface area contributed by atoms with Gasteiger partial charge in [0.15, 0.2) is 0 Å². The van der Waals surface area contributed by atoms with Crippen LogP contribution in [0.25, 0.3) is 10.9 Å². The SMILES string of the molecule is C#CCNS(=O)(=O)c1ccc(C(=O)NCCc2c[nH]c3ccccc23)cc1. The molecule has 2 aromatic carbocycles. The first-order valence-corrected chi connectivity index (χ1v) is 9.86. The number of amides is 1. The summed E-state index contributed by atoms with van der Waals surface area (Å²) in [5.41, 5.74) is 2.59. The van der Waals surface area contributed by atoms with Gasteiger partial charge in [0.25, 0.3) is 5.91 Å². The number of rotatable bonds is 7. The Kier molecular flexibility index (Phi) is 5.60. The van der Waals surface area contributed by atoms with Crippen molar-refractivity contribution in [2.24, 2.45) is 0 Å². The van der Waals surface area contributed by atoms with Crippen molar-refractivity contribution in [1.29, 1.82) is 0 Å². The number of nitrogens with one attached hydrogen (secondary N) is 3. The maximum atomic E-state index is 12.3. The molecule has 0 radical (unpaired) electrons. The third-order valence-electron chi connectivity index (χ3n) is 4.15. The summed E-state index contributed by atoms with van der Waals surface area (Å²) in [5.74, 6) is 1.96. The number of aromatic amines is 1. The predicted octanol–water partition coefficient (Wildman–Crippen LogP) is 2.05. The van der Waals surface area contributed by atoms with Crippen LogP contribution >= 0.6 is 0 Å². The summed E-state index contributed by atoms with van der Waals surface area (Å²) in [4.78, 5) is 15.5. The summed E-state index contributed by atoms with van der Waals surface area (Å²) >= 11 is 0. The van der Waals surface area contributed by atoms with Crippen LogP contribution in [0.4, 0.5) is 0 Å². The fourth-order valence-corrected chi connectivity index (χ4v) is 3.69. The molecule has 0 atom stereocenters. The van der Waals surface area contributed by atoms with Crippen molar-refractivity contribution in [3.63, 3.8) is 0 Å². The first-order chi connectivity index (χ1) is 13.0. The molecule has 0 saturated carbocycles. The van der Waals surface area contributed by atoms with Crippen molar-refractivity contribution in [2.75, 3.05) is 13.1 Å². The number of hydrogen-bond donors (Lipinski definition) is 3. The summed E-state index contributed by atoms with van der Waals surface area (Å²) in [7, 11) is -3.66. The number of terminal acetylenes is 1. The summed E-state index contributed by atoms with van der Waals surface area (Å²) in [6.07, 6.45) is 7.69. The van der Waals surface area contributed by atoms with E-state index in [1.807, 2.05) is 30.5 Å². The highest BCUT2D eigenvalue weighted by Crippen LogP contribution is 2.17. The summed E-state index contributed by atoms with van der Waals surface area (Å²) in [5, 5.41) is 3.99. The van der Waals surface area contributed by atoms with Gasteiger partial charge in [-0.15, -0.1) is 6.42 Å². The molecular weight excluding hydrogens is 362 g/mol. The Labute approximate surface area is 158 Å². The average molecular weight is 381 g/mol. The maximum absolute atomic E-state index is 12.3. The van der Waals surface area contributed by atoms with Crippen molar-refractivity contribution in [3.05, 3.63) is 65.9 Å². The van der Waals surface area contributed by atoms with Gasteiger partial charge in [0.2, 0.25) is 10.0 Å². The molecule has 6 nitrogen and oxygen atoms in total. The zero-order valence-electron chi connectivity index (χ0n) is 14.5. The van der Waals surface area contributed by atoms with E-state index in [1.165, 1.54) is 24.3 Å². The molecule has 138 valence electrons. The van der Waals surface area contributed by atoms with Crippen LogP contribution in [0.15, 0.2) is 59.6 Å². The van der Waals surface area contributed by atoms with Gasteiger partial charge in [0.05, 0.1) is 11.4 Å². The molecule has 0 aliphatic rings. The Bertz CT molecular complexity index is 1090. The summed E-state index contributed by atoms with van der Waals surface area (Å²) < 4.78 is 26.2. The Balaban J connectivity index is 1.59. The summed E-state index contributed by atoms with van der Waals surface area (Å²) in [6, 6.07) is 13.7. The highest BCUT2D eigenvalue weighted by Gasteiger charge is 2.14. The number of sulfonamides is 1. The molecular formula is C20H19N3O3S. The average Bonchev–Trinajstić information content (AvgIpc) is 3.10. The molecule has 3 rings (SSSR count). The number of H-pyrrole nitrogens is 1. The molecule has 1 aromatic heterocycles. The number of carbonyl (C=O) groups is 1. The van der Waals surface area contributed by atoms with Crippen LogP contribution in [0.1, 0.15) is 15.9 Å². The fourth-order valence-electron chi connectivity index (χ4n) is 2.76. The van der Waals surface area contributed by atoms with E-state index in [2.05, 4.69) is 20.9 Å². The third kappa shape index (κ3) is 4.37. The normalized spacial score (nSPS) is 11.2. The van der Waals surface area contributed by atoms with Crippen molar-refractivity contribution < 1.29 is 13.2 Å². The second-order valence-corrected chi connectivity index (χ2v) is 7.69. The van der Waals surface area contributed by atoms with Crippen LogP contribution in [0.2, 0.25) is 0 Å². The first-order valence-electron chi connectivity index (χ1n) is 8.37.